The van der Waals surface area contributed by atoms with Gasteiger partial charge in [0.05, 0.1) is 17.9 Å². The van der Waals surface area contributed by atoms with Gasteiger partial charge in [0, 0.05) is 22.7 Å². The Balaban J connectivity index is 1.31. The molecule has 1 aromatic rings. The fourth-order valence-electron chi connectivity index (χ4n) is 7.57. The van der Waals surface area contributed by atoms with Crippen LogP contribution in [0.2, 0.25) is 0 Å². The van der Waals surface area contributed by atoms with Crippen molar-refractivity contribution >= 4 is 35.2 Å². The third-order valence-corrected chi connectivity index (χ3v) is 10.3. The van der Waals surface area contributed by atoms with Gasteiger partial charge in [-0.1, -0.05) is 44.4 Å². The van der Waals surface area contributed by atoms with Crippen LogP contribution >= 0.6 is 11.8 Å². The average Bonchev–Trinajstić information content (AvgIpc) is 3.57. The average molecular weight is 538 g/mol. The molecule has 2 saturated carbocycles. The lowest BCUT2D eigenvalue weighted by Crippen LogP contribution is -2.58. The maximum Gasteiger partial charge on any atom is 0.246 e. The molecule has 5 aliphatic rings. The molecule has 2 N–H and O–H groups in total. The molecule has 38 heavy (non-hydrogen) atoms. The number of rotatable bonds is 6. The molecule has 3 aliphatic heterocycles. The quantitative estimate of drug-likeness (QED) is 0.411. The number of anilines is 1. The van der Waals surface area contributed by atoms with Gasteiger partial charge in [-0.25, -0.2) is 0 Å². The molecule has 3 unspecified atom stereocenters. The molecule has 7 nitrogen and oxygen atoms in total. The predicted octanol–water partition coefficient (Wildman–Crippen LogP) is 4.53. The van der Waals surface area contributed by atoms with Gasteiger partial charge < -0.3 is 20.3 Å². The number of amides is 3. The van der Waals surface area contributed by atoms with Crippen LogP contribution in [0.5, 0.6) is 0 Å². The zero-order valence-electron chi connectivity index (χ0n) is 22.4. The van der Waals surface area contributed by atoms with E-state index in [9.17, 15) is 14.4 Å². The lowest BCUT2D eigenvalue weighted by atomic mass is 9.74. The molecule has 2 aliphatic carbocycles. The molecule has 8 heteroatoms. The Morgan fingerprint density at radius 2 is 1.82 bits per heavy atom. The number of hydrogen-bond donors (Lipinski definition) is 2. The summed E-state index contributed by atoms with van der Waals surface area (Å²) < 4.78 is 6.54. The Morgan fingerprint density at radius 3 is 2.55 bits per heavy atom. The molecule has 6 rings (SSSR count). The number of hydrogen-bond acceptors (Lipinski definition) is 5. The highest BCUT2D eigenvalue weighted by molar-refractivity contribution is 7.98. The molecular formula is C30H39N3O4S. The second kappa shape index (κ2) is 10.3. The Kier molecular flexibility index (Phi) is 7.06. The van der Waals surface area contributed by atoms with Crippen LogP contribution in [0.1, 0.15) is 64.7 Å². The van der Waals surface area contributed by atoms with Gasteiger partial charge in [-0.15, -0.1) is 11.8 Å². The number of carbonyl (C=O) groups excluding carboxylic acids is 3. The fourth-order valence-corrected chi connectivity index (χ4v) is 8.03. The fraction of sp³-hybridized carbons (Fsp3) is 0.633. The van der Waals surface area contributed by atoms with Crippen LogP contribution in [-0.4, -0.2) is 58.7 Å². The number of nitrogens with one attached hydrogen (secondary N) is 2. The van der Waals surface area contributed by atoms with Gasteiger partial charge in [-0.05, 0) is 68.9 Å². The van der Waals surface area contributed by atoms with E-state index in [1.165, 1.54) is 6.42 Å². The van der Waals surface area contributed by atoms with E-state index in [1.54, 1.807) is 11.8 Å². The highest BCUT2D eigenvalue weighted by Crippen LogP contribution is 2.56. The van der Waals surface area contributed by atoms with E-state index in [0.717, 1.165) is 56.3 Å². The molecular weight excluding hydrogens is 498 g/mol. The minimum absolute atomic E-state index is 0.00111. The molecule has 1 spiro atoms. The highest BCUT2D eigenvalue weighted by Gasteiger charge is 2.73. The second-order valence-corrected chi connectivity index (χ2v) is 12.8. The smallest absolute Gasteiger partial charge is 0.246 e. The van der Waals surface area contributed by atoms with Gasteiger partial charge in [-0.3, -0.25) is 14.4 Å². The van der Waals surface area contributed by atoms with Gasteiger partial charge in [0.25, 0.3) is 0 Å². The highest BCUT2D eigenvalue weighted by atomic mass is 32.2. The number of thioether (sulfide) groups is 1. The predicted molar refractivity (Wildman–Crippen MR) is 148 cm³/mol. The molecule has 0 radical (unpaired) electrons. The molecule has 3 amide bonds. The van der Waals surface area contributed by atoms with Crippen molar-refractivity contribution in [1.29, 1.82) is 0 Å². The van der Waals surface area contributed by atoms with Crippen molar-refractivity contribution in [2.75, 3.05) is 11.6 Å². The van der Waals surface area contributed by atoms with Crippen molar-refractivity contribution in [3.8, 4) is 0 Å². The summed E-state index contributed by atoms with van der Waals surface area (Å²) in [6.45, 7) is 2.25. The van der Waals surface area contributed by atoms with E-state index in [1.807, 2.05) is 47.6 Å². The van der Waals surface area contributed by atoms with Crippen LogP contribution in [0.15, 0.2) is 41.3 Å². The summed E-state index contributed by atoms with van der Waals surface area (Å²) in [6.07, 6.45) is 14.5. The van der Waals surface area contributed by atoms with Crippen molar-refractivity contribution in [1.82, 2.24) is 10.2 Å². The minimum Gasteiger partial charge on any atom is -0.359 e. The van der Waals surface area contributed by atoms with Gasteiger partial charge in [0.2, 0.25) is 17.7 Å². The van der Waals surface area contributed by atoms with Crippen LogP contribution < -0.4 is 10.6 Å². The van der Waals surface area contributed by atoms with Crippen molar-refractivity contribution in [3.63, 3.8) is 0 Å². The monoisotopic (exact) mass is 537 g/mol. The van der Waals surface area contributed by atoms with E-state index < -0.39 is 29.6 Å². The summed E-state index contributed by atoms with van der Waals surface area (Å²) in [5.74, 6) is -1.17. The minimum atomic E-state index is -1.09. The molecule has 2 saturated heterocycles. The first-order chi connectivity index (χ1) is 18.4. The number of carbonyl (C=O) groups is 3. The lowest BCUT2D eigenvalue weighted by molar-refractivity contribution is -0.145. The maximum absolute atomic E-state index is 14.3. The standard InChI is InChI=1S/C30H39N3O4S/c1-18-11-13-21(14-12-18)33-26(28(35)31-19-7-4-3-5-8-19)30-16-15-23(37-30)24(25(30)29(33)36)27(34)32-20-9-6-10-22(17-20)38-2/h6,9-10,15-19,21,23-26H,3-5,7-8,11-14H2,1-2H3,(H,31,35)(H,32,34)/t18?,21?,23-,24?,25-,26?,30?/m0/s1. The topological polar surface area (TPSA) is 87.7 Å². The largest absolute Gasteiger partial charge is 0.359 e. The molecule has 4 fully saturated rings. The SMILES string of the molecule is CSc1cccc(NC(=O)C2[C@@H]3C=CC4(O3)C(C(=O)NC3CCCCC3)N(C3CCC(C)CC3)C(=O)[C@H]24)c1. The van der Waals surface area contributed by atoms with E-state index in [2.05, 4.69) is 17.6 Å². The van der Waals surface area contributed by atoms with Gasteiger partial charge in [0.1, 0.15) is 11.6 Å². The van der Waals surface area contributed by atoms with Crippen molar-refractivity contribution in [2.45, 2.75) is 99.4 Å². The Bertz CT molecular complexity index is 1130. The molecule has 3 heterocycles. The normalized spacial score (nSPS) is 36.4. The molecule has 5 atom stereocenters. The van der Waals surface area contributed by atoms with Crippen LogP contribution in [-0.2, 0) is 19.1 Å². The zero-order chi connectivity index (χ0) is 26.4. The zero-order valence-corrected chi connectivity index (χ0v) is 23.2. The van der Waals surface area contributed by atoms with E-state index in [4.69, 9.17) is 4.74 Å². The van der Waals surface area contributed by atoms with Gasteiger partial charge in [0.15, 0.2) is 0 Å². The van der Waals surface area contributed by atoms with Crippen LogP contribution in [0, 0.1) is 17.8 Å². The summed E-state index contributed by atoms with van der Waals surface area (Å²) in [5, 5.41) is 6.34. The first-order valence-corrected chi connectivity index (χ1v) is 15.6. The summed E-state index contributed by atoms with van der Waals surface area (Å²) in [7, 11) is 0. The van der Waals surface area contributed by atoms with Crippen LogP contribution in [0.4, 0.5) is 5.69 Å². The van der Waals surface area contributed by atoms with Crippen molar-refractivity contribution < 1.29 is 19.1 Å². The maximum atomic E-state index is 14.3. The number of likely N-dealkylation sites (tertiary alicyclic amines) is 1. The summed E-state index contributed by atoms with van der Waals surface area (Å²) >= 11 is 1.61. The molecule has 0 aromatic heterocycles. The molecule has 204 valence electrons. The van der Waals surface area contributed by atoms with Gasteiger partial charge >= 0.3 is 0 Å². The molecule has 2 bridgehead atoms. The van der Waals surface area contributed by atoms with Crippen molar-refractivity contribution in [3.05, 3.63) is 36.4 Å². The van der Waals surface area contributed by atoms with Gasteiger partial charge in [-0.2, -0.15) is 0 Å². The first-order valence-electron chi connectivity index (χ1n) is 14.4. The Hall–Kier alpha value is -2.32. The third kappa shape index (κ3) is 4.37. The van der Waals surface area contributed by atoms with E-state index in [0.29, 0.717) is 11.6 Å². The Morgan fingerprint density at radius 1 is 1.05 bits per heavy atom. The van der Waals surface area contributed by atoms with E-state index in [-0.39, 0.29) is 29.8 Å². The van der Waals surface area contributed by atoms with Crippen LogP contribution in [0.3, 0.4) is 0 Å². The summed E-state index contributed by atoms with van der Waals surface area (Å²) in [6, 6.07) is 7.12. The number of fused-ring (bicyclic) bond motifs is 1. The molecule has 1 aromatic carbocycles. The van der Waals surface area contributed by atoms with E-state index >= 15 is 0 Å². The third-order valence-electron chi connectivity index (χ3n) is 9.53. The number of nitrogens with zero attached hydrogens (tertiary/aromatic N) is 1. The Labute approximate surface area is 229 Å². The number of benzene rings is 1. The van der Waals surface area contributed by atoms with Crippen molar-refractivity contribution in [2.24, 2.45) is 17.8 Å². The second-order valence-electron chi connectivity index (χ2n) is 11.9. The summed E-state index contributed by atoms with van der Waals surface area (Å²) in [4.78, 5) is 44.9. The lowest BCUT2D eigenvalue weighted by Gasteiger charge is -2.40. The van der Waals surface area contributed by atoms with Crippen LogP contribution in [0.25, 0.3) is 0 Å². The first kappa shape index (κ1) is 25.9. The number of ether oxygens (including phenoxy) is 1. The summed E-state index contributed by atoms with van der Waals surface area (Å²) in [5.41, 5.74) is -0.384.